The third-order valence-electron chi connectivity index (χ3n) is 3.85. The van der Waals surface area contributed by atoms with Crippen LogP contribution in [0.25, 0.3) is 0 Å². The molecule has 23 heavy (non-hydrogen) atoms. The average molecular weight is 371 g/mol. The molecule has 2 heterocycles. The second-order valence-electron chi connectivity index (χ2n) is 5.28. The number of benzene rings is 1. The number of amides is 1. The van der Waals surface area contributed by atoms with Crippen LogP contribution in [0.15, 0.2) is 47.1 Å². The van der Waals surface area contributed by atoms with Crippen LogP contribution in [0.4, 0.5) is 5.82 Å². The predicted octanol–water partition coefficient (Wildman–Crippen LogP) is 2.68. The molecule has 0 N–H and O–H groups in total. The Labute approximate surface area is 143 Å². The fourth-order valence-electron chi connectivity index (χ4n) is 2.66. The lowest BCUT2D eigenvalue weighted by atomic mass is 10.1. The molecule has 0 radical (unpaired) electrons. The van der Waals surface area contributed by atoms with Crippen LogP contribution < -0.4 is 4.90 Å². The Morgan fingerprint density at radius 2 is 1.96 bits per heavy atom. The van der Waals surface area contributed by atoms with E-state index in [9.17, 15) is 10.1 Å². The Morgan fingerprint density at radius 1 is 1.17 bits per heavy atom. The van der Waals surface area contributed by atoms with Crippen molar-refractivity contribution >= 4 is 27.7 Å². The molecule has 1 aliphatic rings. The zero-order valence-electron chi connectivity index (χ0n) is 12.4. The van der Waals surface area contributed by atoms with Crippen molar-refractivity contribution in [2.24, 2.45) is 0 Å². The van der Waals surface area contributed by atoms with Crippen LogP contribution in [0, 0.1) is 11.3 Å². The monoisotopic (exact) mass is 370 g/mol. The molecule has 116 valence electrons. The minimum absolute atomic E-state index is 0.0347. The number of rotatable bonds is 2. The Kier molecular flexibility index (Phi) is 4.58. The molecule has 1 aromatic heterocycles. The molecule has 5 nitrogen and oxygen atoms in total. The zero-order chi connectivity index (χ0) is 16.2. The number of aromatic nitrogens is 1. The number of hydrogen-bond donors (Lipinski definition) is 0. The topological polar surface area (TPSA) is 60.2 Å². The molecule has 0 saturated carbocycles. The number of carbonyl (C=O) groups excluding carboxylic acids is 1. The van der Waals surface area contributed by atoms with Gasteiger partial charge in [-0.15, -0.1) is 0 Å². The fraction of sp³-hybridized carbons (Fsp3) is 0.235. The Balaban J connectivity index is 1.69. The third kappa shape index (κ3) is 3.35. The van der Waals surface area contributed by atoms with Crippen LogP contribution in [0.5, 0.6) is 0 Å². The van der Waals surface area contributed by atoms with Gasteiger partial charge in [0.15, 0.2) is 0 Å². The van der Waals surface area contributed by atoms with Gasteiger partial charge in [0, 0.05) is 42.4 Å². The van der Waals surface area contributed by atoms with E-state index in [1.807, 2.05) is 29.2 Å². The molecule has 1 fully saturated rings. The third-order valence-corrected chi connectivity index (χ3v) is 4.34. The van der Waals surface area contributed by atoms with Gasteiger partial charge in [0.2, 0.25) is 0 Å². The van der Waals surface area contributed by atoms with Crippen LogP contribution in [-0.4, -0.2) is 42.0 Å². The fourth-order valence-corrected chi connectivity index (χ4v) is 3.06. The highest BCUT2D eigenvalue weighted by atomic mass is 79.9. The number of halogens is 1. The van der Waals surface area contributed by atoms with Crippen molar-refractivity contribution in [3.05, 3.63) is 58.2 Å². The quantitative estimate of drug-likeness (QED) is 0.815. The van der Waals surface area contributed by atoms with Crippen LogP contribution in [-0.2, 0) is 0 Å². The highest BCUT2D eigenvalue weighted by Gasteiger charge is 2.24. The summed E-state index contributed by atoms with van der Waals surface area (Å²) in [5.74, 6) is 0.733. The largest absolute Gasteiger partial charge is 0.352 e. The van der Waals surface area contributed by atoms with Crippen LogP contribution in [0.2, 0.25) is 0 Å². The molecule has 0 atom stereocenters. The Bertz CT molecular complexity index is 763. The van der Waals surface area contributed by atoms with Gasteiger partial charge < -0.3 is 9.80 Å². The number of nitriles is 1. The molecule has 1 saturated heterocycles. The normalized spacial score (nSPS) is 14.4. The van der Waals surface area contributed by atoms with Gasteiger partial charge in [-0.1, -0.05) is 22.0 Å². The molecule has 1 aliphatic heterocycles. The van der Waals surface area contributed by atoms with Gasteiger partial charge in [-0.2, -0.15) is 5.26 Å². The second kappa shape index (κ2) is 6.80. The van der Waals surface area contributed by atoms with Crippen molar-refractivity contribution in [1.82, 2.24) is 9.88 Å². The highest BCUT2D eigenvalue weighted by Crippen LogP contribution is 2.19. The summed E-state index contributed by atoms with van der Waals surface area (Å²) in [5, 5.41) is 9.18. The first kappa shape index (κ1) is 15.5. The Morgan fingerprint density at radius 3 is 2.65 bits per heavy atom. The number of pyridine rings is 1. The number of anilines is 1. The summed E-state index contributed by atoms with van der Waals surface area (Å²) in [6.07, 6.45) is 1.69. The van der Waals surface area contributed by atoms with Crippen molar-refractivity contribution in [3.8, 4) is 6.07 Å². The first-order valence-corrected chi connectivity index (χ1v) is 8.13. The molecule has 1 aromatic carbocycles. The molecule has 0 bridgehead atoms. The standard InChI is InChI=1S/C17H15BrN4O/c18-15-5-1-3-13(11-15)17(23)22-9-7-21(8-10-22)16-14(12-19)4-2-6-20-16/h1-6,11H,7-10H2. The van der Waals surface area contributed by atoms with E-state index in [0.29, 0.717) is 43.1 Å². The Hall–Kier alpha value is -2.39. The maximum atomic E-state index is 12.5. The number of piperazine rings is 1. The van der Waals surface area contributed by atoms with Gasteiger partial charge in [0.05, 0.1) is 5.56 Å². The predicted molar refractivity (Wildman–Crippen MR) is 91.2 cm³/mol. The maximum absolute atomic E-state index is 12.5. The molecule has 6 heteroatoms. The lowest BCUT2D eigenvalue weighted by Crippen LogP contribution is -2.49. The number of carbonyl (C=O) groups is 1. The minimum Gasteiger partial charge on any atom is -0.352 e. The van der Waals surface area contributed by atoms with Crippen LogP contribution >= 0.6 is 15.9 Å². The molecule has 0 aliphatic carbocycles. The van der Waals surface area contributed by atoms with E-state index in [-0.39, 0.29) is 5.91 Å². The molecular weight excluding hydrogens is 356 g/mol. The van der Waals surface area contributed by atoms with E-state index in [1.54, 1.807) is 18.3 Å². The van der Waals surface area contributed by atoms with E-state index < -0.39 is 0 Å². The van der Waals surface area contributed by atoms with Gasteiger partial charge >= 0.3 is 0 Å². The smallest absolute Gasteiger partial charge is 0.254 e. The molecular formula is C17H15BrN4O. The van der Waals surface area contributed by atoms with Crippen LogP contribution in [0.3, 0.4) is 0 Å². The average Bonchev–Trinajstić information content (AvgIpc) is 2.61. The summed E-state index contributed by atoms with van der Waals surface area (Å²) in [7, 11) is 0. The van der Waals surface area contributed by atoms with Crippen molar-refractivity contribution < 1.29 is 4.79 Å². The molecule has 1 amide bonds. The van der Waals surface area contributed by atoms with Gasteiger partial charge in [-0.25, -0.2) is 4.98 Å². The van der Waals surface area contributed by atoms with E-state index in [0.717, 1.165) is 4.47 Å². The number of hydrogen-bond acceptors (Lipinski definition) is 4. The highest BCUT2D eigenvalue weighted by molar-refractivity contribution is 9.10. The van der Waals surface area contributed by atoms with Gasteiger partial charge in [0.1, 0.15) is 11.9 Å². The lowest BCUT2D eigenvalue weighted by molar-refractivity contribution is 0.0746. The number of nitrogens with zero attached hydrogens (tertiary/aromatic N) is 4. The summed E-state index contributed by atoms with van der Waals surface area (Å²) >= 11 is 3.39. The SMILES string of the molecule is N#Cc1cccnc1N1CCN(C(=O)c2cccc(Br)c2)CC1. The van der Waals surface area contributed by atoms with Gasteiger partial charge in [0.25, 0.3) is 5.91 Å². The molecule has 0 spiro atoms. The van der Waals surface area contributed by atoms with Crippen molar-refractivity contribution in [1.29, 1.82) is 5.26 Å². The lowest BCUT2D eigenvalue weighted by Gasteiger charge is -2.35. The second-order valence-corrected chi connectivity index (χ2v) is 6.19. The molecule has 3 rings (SSSR count). The van der Waals surface area contributed by atoms with Gasteiger partial charge in [-0.05, 0) is 30.3 Å². The molecule has 0 unspecified atom stereocenters. The summed E-state index contributed by atoms with van der Waals surface area (Å²) in [6, 6.07) is 13.1. The van der Waals surface area contributed by atoms with Crippen LogP contribution in [0.1, 0.15) is 15.9 Å². The first-order chi connectivity index (χ1) is 11.2. The van der Waals surface area contributed by atoms with E-state index in [2.05, 4.69) is 31.9 Å². The van der Waals surface area contributed by atoms with Gasteiger partial charge in [-0.3, -0.25) is 4.79 Å². The van der Waals surface area contributed by atoms with Crippen molar-refractivity contribution in [3.63, 3.8) is 0 Å². The first-order valence-electron chi connectivity index (χ1n) is 7.34. The summed E-state index contributed by atoms with van der Waals surface area (Å²) in [5.41, 5.74) is 1.25. The van der Waals surface area contributed by atoms with E-state index in [1.165, 1.54) is 0 Å². The summed E-state index contributed by atoms with van der Waals surface area (Å²) < 4.78 is 0.897. The van der Waals surface area contributed by atoms with E-state index >= 15 is 0 Å². The minimum atomic E-state index is 0.0347. The summed E-state index contributed by atoms with van der Waals surface area (Å²) in [6.45, 7) is 2.58. The molecule has 2 aromatic rings. The summed E-state index contributed by atoms with van der Waals surface area (Å²) in [4.78, 5) is 20.7. The van der Waals surface area contributed by atoms with Crippen molar-refractivity contribution in [2.45, 2.75) is 0 Å². The van der Waals surface area contributed by atoms with E-state index in [4.69, 9.17) is 0 Å². The maximum Gasteiger partial charge on any atom is 0.254 e. The zero-order valence-corrected chi connectivity index (χ0v) is 14.0. The van der Waals surface area contributed by atoms with Crippen molar-refractivity contribution in [2.75, 3.05) is 31.1 Å².